The van der Waals surface area contributed by atoms with Gasteiger partial charge in [-0.15, -0.1) is 0 Å². The number of carbonyl (C=O) groups excluding carboxylic acids is 1. The second-order valence-electron chi connectivity index (χ2n) is 7.61. The Bertz CT molecular complexity index is 1530. The van der Waals surface area contributed by atoms with E-state index in [1.54, 1.807) is 24.4 Å². The van der Waals surface area contributed by atoms with Crippen molar-refractivity contribution >= 4 is 22.2 Å². The van der Waals surface area contributed by atoms with Gasteiger partial charge in [0.05, 0.1) is 11.9 Å². The third-order valence-electron chi connectivity index (χ3n) is 5.46. The van der Waals surface area contributed by atoms with E-state index in [0.717, 1.165) is 16.3 Å². The Balaban J connectivity index is 1.48. The van der Waals surface area contributed by atoms with Crippen molar-refractivity contribution in [3.8, 4) is 11.3 Å². The van der Waals surface area contributed by atoms with Gasteiger partial charge in [-0.3, -0.25) is 9.59 Å². The highest BCUT2D eigenvalue weighted by Crippen LogP contribution is 2.23. The van der Waals surface area contributed by atoms with Gasteiger partial charge in [-0.25, -0.2) is 13.3 Å². The number of hydrogen-bond donors (Lipinski definition) is 2. The number of nitrogens with zero attached hydrogens (tertiary/aromatic N) is 2. The zero-order valence-electron chi connectivity index (χ0n) is 17.2. The van der Waals surface area contributed by atoms with Crippen molar-refractivity contribution in [2.75, 3.05) is 0 Å². The van der Waals surface area contributed by atoms with Crippen LogP contribution in [0.15, 0.2) is 89.9 Å². The number of aromatic nitrogens is 3. The molecule has 1 amide bonds. The Morgan fingerprint density at radius 3 is 2.42 bits per heavy atom. The topological polar surface area (TPSA) is 79.3 Å². The molecule has 2 aromatic heterocycles. The van der Waals surface area contributed by atoms with Gasteiger partial charge in [-0.2, -0.15) is 5.10 Å². The summed E-state index contributed by atoms with van der Waals surface area (Å²) in [5.74, 6) is -0.792. The average Bonchev–Trinajstić information content (AvgIpc) is 3.27. The molecule has 5 rings (SSSR count). The highest BCUT2D eigenvalue weighted by Gasteiger charge is 2.26. The lowest BCUT2D eigenvalue weighted by Gasteiger charge is -2.17. The van der Waals surface area contributed by atoms with Crippen molar-refractivity contribution in [3.63, 3.8) is 0 Å². The summed E-state index contributed by atoms with van der Waals surface area (Å²) in [6, 6.07) is 21.4. The van der Waals surface area contributed by atoms with Gasteiger partial charge in [0.1, 0.15) is 11.6 Å². The van der Waals surface area contributed by atoms with E-state index in [-0.39, 0.29) is 16.8 Å². The summed E-state index contributed by atoms with van der Waals surface area (Å²) in [4.78, 5) is 28.1. The van der Waals surface area contributed by atoms with Crippen LogP contribution in [0.2, 0.25) is 0 Å². The van der Waals surface area contributed by atoms with E-state index in [4.69, 9.17) is 0 Å². The molecule has 0 fully saturated rings. The van der Waals surface area contributed by atoms with Crippen LogP contribution in [0.25, 0.3) is 27.5 Å². The molecule has 33 heavy (non-hydrogen) atoms. The number of nitrogens with one attached hydrogen (secondary N) is 2. The van der Waals surface area contributed by atoms with Gasteiger partial charge in [0.15, 0.2) is 5.69 Å². The predicted molar refractivity (Wildman–Crippen MR) is 121 cm³/mol. The van der Waals surface area contributed by atoms with Crippen molar-refractivity contribution < 1.29 is 13.6 Å². The fourth-order valence-electron chi connectivity index (χ4n) is 3.79. The second-order valence-corrected chi connectivity index (χ2v) is 7.61. The van der Waals surface area contributed by atoms with Gasteiger partial charge >= 0.3 is 0 Å². The molecule has 1 unspecified atom stereocenters. The first kappa shape index (κ1) is 20.6. The van der Waals surface area contributed by atoms with Crippen molar-refractivity contribution in [1.29, 1.82) is 0 Å². The Morgan fingerprint density at radius 1 is 0.939 bits per heavy atom. The van der Waals surface area contributed by atoms with Crippen molar-refractivity contribution in [2.45, 2.75) is 12.5 Å². The van der Waals surface area contributed by atoms with Gasteiger partial charge in [-0.1, -0.05) is 66.7 Å². The maximum absolute atomic E-state index is 13.6. The highest BCUT2D eigenvalue weighted by molar-refractivity contribution is 5.94. The second kappa shape index (κ2) is 8.31. The van der Waals surface area contributed by atoms with Gasteiger partial charge in [0, 0.05) is 11.6 Å². The van der Waals surface area contributed by atoms with E-state index in [2.05, 4.69) is 15.4 Å². The first-order valence-electron chi connectivity index (χ1n) is 10.3. The van der Waals surface area contributed by atoms with Crippen LogP contribution in [-0.4, -0.2) is 26.9 Å². The van der Waals surface area contributed by atoms with Crippen LogP contribution < -0.4 is 10.9 Å². The summed E-state index contributed by atoms with van der Waals surface area (Å²) >= 11 is 0. The minimum absolute atomic E-state index is 0.127. The van der Waals surface area contributed by atoms with Crippen LogP contribution in [0.5, 0.6) is 0 Å². The molecule has 8 heteroatoms. The fraction of sp³-hybridized carbons (Fsp3) is 0.0800. The zero-order valence-corrected chi connectivity index (χ0v) is 17.2. The molecular weight excluding hydrogens is 426 g/mol. The van der Waals surface area contributed by atoms with E-state index < -0.39 is 23.9 Å². The first-order chi connectivity index (χ1) is 16.0. The zero-order chi connectivity index (χ0) is 22.9. The normalized spacial score (nSPS) is 12.3. The molecule has 3 aromatic carbocycles. The summed E-state index contributed by atoms with van der Waals surface area (Å²) in [6.07, 6.45) is -1.21. The van der Waals surface area contributed by atoms with Crippen molar-refractivity contribution in [3.05, 3.63) is 107 Å². The molecule has 6 nitrogen and oxygen atoms in total. The number of H-pyrrole nitrogens is 1. The van der Waals surface area contributed by atoms with E-state index in [1.165, 1.54) is 22.7 Å². The molecular formula is C25H18F2N4O2. The minimum Gasteiger partial charge on any atom is -0.338 e. The third-order valence-corrected chi connectivity index (χ3v) is 5.46. The van der Waals surface area contributed by atoms with Gasteiger partial charge in [0.25, 0.3) is 17.9 Å². The van der Waals surface area contributed by atoms with Gasteiger partial charge < -0.3 is 10.3 Å². The van der Waals surface area contributed by atoms with Crippen molar-refractivity contribution in [2.24, 2.45) is 0 Å². The number of benzene rings is 3. The van der Waals surface area contributed by atoms with Crippen LogP contribution in [-0.2, 0) is 0 Å². The number of fused-ring (bicyclic) bond motifs is 2. The van der Waals surface area contributed by atoms with E-state index in [9.17, 15) is 18.4 Å². The minimum atomic E-state index is -2.81. The van der Waals surface area contributed by atoms with Gasteiger partial charge in [-0.05, 0) is 22.4 Å². The molecule has 2 heterocycles. The summed E-state index contributed by atoms with van der Waals surface area (Å²) in [5.41, 5.74) is 1.14. The summed E-state index contributed by atoms with van der Waals surface area (Å²) in [7, 11) is 0. The third kappa shape index (κ3) is 3.98. The standard InChI is InChI=1S/C25H18F2N4O2/c26-23(27)22(16-7-2-1-3-8-16)29-24(32)19-13-21-25(33)28-20(14-31(21)30-19)18-11-10-15-6-4-5-9-17(15)12-18/h1-14,22-23H,(H,28,33)(H,29,32). The highest BCUT2D eigenvalue weighted by atomic mass is 19.3. The molecule has 164 valence electrons. The molecule has 0 bridgehead atoms. The molecule has 0 radical (unpaired) electrons. The van der Waals surface area contributed by atoms with Gasteiger partial charge in [0.2, 0.25) is 0 Å². The first-order valence-corrected chi connectivity index (χ1v) is 10.3. The van der Waals surface area contributed by atoms with Crippen LogP contribution in [0.4, 0.5) is 8.78 Å². The average molecular weight is 444 g/mol. The Labute approximate surface area is 186 Å². The lowest BCUT2D eigenvalue weighted by molar-refractivity contribution is 0.0740. The lowest BCUT2D eigenvalue weighted by atomic mass is 10.1. The molecule has 0 aliphatic heterocycles. The summed E-state index contributed by atoms with van der Waals surface area (Å²) in [6.45, 7) is 0. The molecule has 0 spiro atoms. The van der Waals surface area contributed by atoms with E-state index >= 15 is 0 Å². The summed E-state index contributed by atoms with van der Waals surface area (Å²) in [5, 5.41) is 8.56. The summed E-state index contributed by atoms with van der Waals surface area (Å²) < 4.78 is 28.5. The molecule has 0 aliphatic carbocycles. The molecule has 2 N–H and O–H groups in total. The predicted octanol–water partition coefficient (Wildman–Crippen LogP) is 4.58. The van der Waals surface area contributed by atoms with E-state index in [1.807, 2.05) is 42.5 Å². The number of aromatic amines is 1. The van der Waals surface area contributed by atoms with Crippen LogP contribution in [0.1, 0.15) is 22.1 Å². The SMILES string of the molecule is O=C(NC(c1ccccc1)C(F)F)c1cc2c(=O)[nH]c(-c3ccc4ccccc4c3)cn2n1. The number of halogens is 2. The van der Waals surface area contributed by atoms with Crippen LogP contribution >= 0.6 is 0 Å². The quantitative estimate of drug-likeness (QED) is 0.417. The Kier molecular flexibility index (Phi) is 5.18. The number of amides is 1. The van der Waals surface area contributed by atoms with Crippen molar-refractivity contribution in [1.82, 2.24) is 19.9 Å². The number of hydrogen-bond acceptors (Lipinski definition) is 3. The molecule has 5 aromatic rings. The number of rotatable bonds is 5. The number of alkyl halides is 2. The molecule has 1 atom stereocenters. The smallest absolute Gasteiger partial charge is 0.274 e. The largest absolute Gasteiger partial charge is 0.338 e. The molecule has 0 saturated heterocycles. The monoisotopic (exact) mass is 444 g/mol. The van der Waals surface area contributed by atoms with E-state index in [0.29, 0.717) is 5.69 Å². The molecule has 0 saturated carbocycles. The Morgan fingerprint density at radius 2 is 1.67 bits per heavy atom. The Hall–Kier alpha value is -4.33. The molecule has 0 aliphatic rings. The lowest BCUT2D eigenvalue weighted by Crippen LogP contribution is -2.33. The van der Waals surface area contributed by atoms with Crippen LogP contribution in [0.3, 0.4) is 0 Å². The maximum Gasteiger partial charge on any atom is 0.274 e. The fourth-order valence-corrected chi connectivity index (χ4v) is 3.79. The van der Waals surface area contributed by atoms with Crippen LogP contribution in [0, 0.1) is 0 Å². The maximum atomic E-state index is 13.6. The number of carbonyl (C=O) groups is 1.